The van der Waals surface area contributed by atoms with E-state index in [1.54, 1.807) is 111 Å². The van der Waals surface area contributed by atoms with E-state index in [1.807, 2.05) is 29.2 Å². The molecule has 0 aliphatic carbocycles. The largest absolute Gasteiger partial charge is 0.481 e. The van der Waals surface area contributed by atoms with Crippen molar-refractivity contribution in [1.82, 2.24) is 85.9 Å². The number of ketones is 2. The average molecular weight is 2060 g/mol. The second-order valence-corrected chi connectivity index (χ2v) is 34.3. The number of benzene rings is 3. The Bertz CT molecular complexity index is 4240. The molecule has 3 heterocycles. The molecule has 45 nitrogen and oxygen atoms in total. The maximum atomic E-state index is 13.9. The van der Waals surface area contributed by atoms with E-state index in [2.05, 4.69) is 75.4 Å². The Morgan fingerprint density at radius 2 is 0.612 bits per heavy atom. The minimum absolute atomic E-state index is 0.00767. The summed E-state index contributed by atoms with van der Waals surface area (Å²) in [5.41, 5.74) is 3.67. The Balaban J connectivity index is 0.000000474. The summed E-state index contributed by atoms with van der Waals surface area (Å²) in [5.74, 6) is -13.5. The molecule has 3 aromatic carbocycles. The third-order valence-electron chi connectivity index (χ3n) is 21.6. The zero-order chi connectivity index (χ0) is 98.9. The first-order valence-corrected chi connectivity index (χ1v) is 45.2. The maximum absolute atomic E-state index is 13.9. The van der Waals surface area contributed by atoms with Crippen molar-refractivity contribution in [2.24, 2.45) is 0 Å². The summed E-state index contributed by atoms with van der Waals surface area (Å²) in [6.07, 6.45) is 1.85. The molecule has 47 heteroatoms. The lowest BCUT2D eigenvalue weighted by Crippen LogP contribution is -2.50. The summed E-state index contributed by atoms with van der Waals surface area (Å²) < 4.78 is 1.60. The molecular weight excluding hydrogens is 1940 g/mol. The van der Waals surface area contributed by atoms with Crippen molar-refractivity contribution < 1.29 is 137 Å². The van der Waals surface area contributed by atoms with Crippen LogP contribution >= 0.6 is 38.5 Å². The first kappa shape index (κ1) is 113. The first-order chi connectivity index (χ1) is 63.5. The quantitative estimate of drug-likeness (QED) is 0.0167. The van der Waals surface area contributed by atoms with Gasteiger partial charge in [-0.3, -0.25) is 106 Å². The van der Waals surface area contributed by atoms with Gasteiger partial charge in [0.05, 0.1) is 64.4 Å². The number of carbonyl (C=O) groups excluding carboxylic acids is 8. The number of pyridine rings is 1. The van der Waals surface area contributed by atoms with Gasteiger partial charge in [0.15, 0.2) is 11.6 Å². The molecule has 0 saturated carbocycles. The molecule has 0 bridgehead atoms. The third kappa shape index (κ3) is 47.2. The molecule has 0 spiro atoms. The Morgan fingerprint density at radius 3 is 0.873 bits per heavy atom. The van der Waals surface area contributed by atoms with Gasteiger partial charge in [0, 0.05) is 178 Å². The second kappa shape index (κ2) is 60.4. The molecule has 4 atom stereocenters. The monoisotopic (exact) mass is 2060 g/mol. The van der Waals surface area contributed by atoms with Crippen LogP contribution in [0.2, 0.25) is 0 Å². The van der Waals surface area contributed by atoms with E-state index in [9.17, 15) is 127 Å². The van der Waals surface area contributed by atoms with Gasteiger partial charge in [-0.2, -0.15) is 0 Å². The number of aromatic nitrogens is 1. The van der Waals surface area contributed by atoms with Gasteiger partial charge in [0.25, 0.3) is 11.8 Å². The van der Waals surface area contributed by atoms with Crippen molar-refractivity contribution in [3.8, 4) is 0 Å². The highest BCUT2D eigenvalue weighted by molar-refractivity contribution is 14.1. The number of carboxylic acids is 10. The number of amides is 8. The molecule has 0 unspecified atom stereocenters. The molecule has 736 valence electrons. The Kier molecular flexibility index (Phi) is 50.8. The summed E-state index contributed by atoms with van der Waals surface area (Å²) in [6, 6.07) is 17.7. The van der Waals surface area contributed by atoms with Gasteiger partial charge < -0.3 is 92.8 Å². The number of carboxylic acid groups (broad SMARTS) is 10. The van der Waals surface area contributed by atoms with E-state index >= 15 is 0 Å². The Morgan fingerprint density at radius 1 is 0.343 bits per heavy atom. The van der Waals surface area contributed by atoms with Crippen LogP contribution in [0, 0.1) is 3.57 Å². The summed E-state index contributed by atoms with van der Waals surface area (Å²) in [7, 11) is 0. The van der Waals surface area contributed by atoms with Crippen molar-refractivity contribution in [2.45, 2.75) is 128 Å². The minimum atomic E-state index is -1.33. The number of aliphatic carboxylic acids is 10. The van der Waals surface area contributed by atoms with E-state index < -0.39 is 107 Å². The third-order valence-corrected chi connectivity index (χ3v) is 22.8. The van der Waals surface area contributed by atoms with Crippen molar-refractivity contribution in [3.63, 3.8) is 0 Å². The van der Waals surface area contributed by atoms with Gasteiger partial charge in [-0.05, 0) is 168 Å². The molecule has 6 rings (SSSR count). The first-order valence-electron chi connectivity index (χ1n) is 43.3. The van der Waals surface area contributed by atoms with Crippen LogP contribution in [0.25, 0.3) is 0 Å². The molecule has 8 amide bonds. The van der Waals surface area contributed by atoms with Crippen LogP contribution in [0.15, 0.2) is 95.7 Å². The molecule has 0 radical (unpaired) electrons. The van der Waals surface area contributed by atoms with Crippen molar-refractivity contribution in [1.29, 1.82) is 0 Å². The average Bonchev–Trinajstić information content (AvgIpc) is 0.847. The summed E-state index contributed by atoms with van der Waals surface area (Å²) in [4.78, 5) is 240. The van der Waals surface area contributed by atoms with E-state index in [1.165, 1.54) is 13.8 Å². The summed E-state index contributed by atoms with van der Waals surface area (Å²) in [5, 5.41) is 109. The molecule has 4 aromatic rings. The Hall–Kier alpha value is -11.8. The van der Waals surface area contributed by atoms with Gasteiger partial charge in [0.2, 0.25) is 11.8 Å². The summed E-state index contributed by atoms with van der Waals surface area (Å²) >= 11 is 5.48. The highest BCUT2D eigenvalue weighted by Gasteiger charge is 2.30. The molecule has 2 fully saturated rings. The van der Waals surface area contributed by atoms with Gasteiger partial charge in [0.1, 0.15) is 16.7 Å². The van der Waals surface area contributed by atoms with Gasteiger partial charge in [-0.25, -0.2) is 24.2 Å². The van der Waals surface area contributed by atoms with Crippen LogP contribution in [0.3, 0.4) is 0 Å². The molecule has 2 aliphatic heterocycles. The molecule has 2 saturated heterocycles. The molecule has 134 heavy (non-hydrogen) atoms. The number of carbonyl (C=O) groups is 18. The SMILES string of the molecule is CC(=O)[C@@H](CCC(=O)O)NC(=O)N[C@H](CCCCN(Cc1ccc(Br)nc1)C(=O)c1ccc(CNC(=O)CN2CCN(CC(=O)O)CCN(CC(=O)O)CCN(CC(=O)O)CC2)cc1)C(=O)O.CC(=O)[C@@H](CCC(=O)O)NC(=O)N[C@H](CCCCN(Cc1ccc(I)cc1)C(=O)c1ccc(CNC(=O)CN2CCN(CC(=O)O)CCN(CC(=O)O)CCN(CC(=O)O)CC2)cc1)C(=O)O. The summed E-state index contributed by atoms with van der Waals surface area (Å²) in [6.45, 7) is 5.74. The number of nitrogens with one attached hydrogen (secondary N) is 6. The van der Waals surface area contributed by atoms with E-state index in [-0.39, 0.29) is 265 Å². The zero-order valence-electron chi connectivity index (χ0n) is 74.7. The number of rotatable bonds is 50. The van der Waals surface area contributed by atoms with Crippen molar-refractivity contribution in [3.05, 3.63) is 133 Å². The van der Waals surface area contributed by atoms with E-state index in [0.29, 0.717) is 46.1 Å². The number of urea groups is 2. The molecule has 2 aliphatic rings. The number of unbranched alkanes of at least 4 members (excludes halogenated alkanes) is 2. The minimum Gasteiger partial charge on any atom is -0.481 e. The standard InChI is InChI=1S/C44H61IN8O14.C43H60BrN9O14/c1-30(54)35(13-14-38(56)57)47-44(67)48-36(43(65)66)4-2-3-15-53(25-32-7-11-34(45)12-8-32)42(64)33-9-5-31(6-10-33)24-46-37(55)26-49-16-18-50(27-39(58)59)20-22-52(29-41(62)63)23-21-51(19-17-49)28-40(60)61;1-29(54)33(10-12-37(56)57)47-43(67)48-34(42(65)66)4-2-3-13-53(24-31-7-11-35(44)45-23-31)41(64)32-8-5-30(6-9-32)22-46-36(55)25-49-14-16-50(26-38(58)59)18-20-52(28-40(62)63)21-19-51(17-15-49)27-39(60)61/h5-12,35-36H,2-4,13-29H2,1H3,(H,46,55)(H,56,57)(H,58,59)(H,60,61)(H,62,63)(H,65,66)(H2,47,48,67);5-9,11,23,33-34H,2-4,10,12-22,24-28H2,1H3,(H,46,55)(H,56,57)(H,58,59)(H,60,61)(H,62,63)(H,65,66)(H2,47,48,67)/t35-,36-;33-,34-/m11/s1. The lowest BCUT2D eigenvalue weighted by Gasteiger charge is -2.32. The highest BCUT2D eigenvalue weighted by Crippen LogP contribution is 2.20. The van der Waals surface area contributed by atoms with Crippen molar-refractivity contribution in [2.75, 3.05) is 170 Å². The predicted octanol–water partition coefficient (Wildman–Crippen LogP) is 1.09. The fourth-order valence-corrected chi connectivity index (χ4v) is 14.8. The normalized spacial score (nSPS) is 15.4. The van der Waals surface area contributed by atoms with Gasteiger partial charge in [-0.1, -0.05) is 42.5 Å². The highest BCUT2D eigenvalue weighted by atomic mass is 127. The number of hydrogen-bond donors (Lipinski definition) is 16. The van der Waals surface area contributed by atoms with Crippen LogP contribution in [0.4, 0.5) is 9.59 Å². The number of nitrogens with zero attached hydrogens (tertiary/aromatic N) is 11. The van der Waals surface area contributed by atoms with Crippen LogP contribution in [-0.2, 0) is 93.3 Å². The fourth-order valence-electron chi connectivity index (χ4n) is 14.2. The second-order valence-electron chi connectivity index (χ2n) is 32.3. The van der Waals surface area contributed by atoms with Gasteiger partial charge in [-0.15, -0.1) is 0 Å². The fraction of sp³-hybridized carbons (Fsp3) is 0.529. The van der Waals surface area contributed by atoms with Gasteiger partial charge >= 0.3 is 71.8 Å². The van der Waals surface area contributed by atoms with Crippen LogP contribution in [0.1, 0.15) is 121 Å². The number of hydrogen-bond acceptors (Lipinski definition) is 27. The smallest absolute Gasteiger partial charge is 0.326 e. The number of Topliss-reactive ketones (excluding diaryl/α,β-unsaturated/α-hetero) is 2. The number of halogens is 2. The van der Waals surface area contributed by atoms with Crippen LogP contribution in [-0.4, -0.2) is 406 Å². The predicted molar refractivity (Wildman–Crippen MR) is 491 cm³/mol. The molecule has 16 N–H and O–H groups in total. The van der Waals surface area contributed by atoms with E-state index in [0.717, 1.165) is 14.7 Å². The molecule has 1 aromatic heterocycles. The Labute approximate surface area is 795 Å². The zero-order valence-corrected chi connectivity index (χ0v) is 78.5. The van der Waals surface area contributed by atoms with Crippen molar-refractivity contribution >= 4 is 145 Å². The lowest BCUT2D eigenvalue weighted by molar-refractivity contribution is -0.140. The topological polar surface area (TPSA) is 627 Å². The molecular formula is C87H121BrIN17O28. The lowest BCUT2D eigenvalue weighted by atomic mass is 10.1. The van der Waals surface area contributed by atoms with Crippen LogP contribution < -0.4 is 31.9 Å². The van der Waals surface area contributed by atoms with E-state index in [4.69, 9.17) is 10.2 Å². The van der Waals surface area contributed by atoms with Crippen LogP contribution in [0.5, 0.6) is 0 Å². The maximum Gasteiger partial charge on any atom is 0.326 e.